The molecular formula is C12H11N5O. The number of phenols is 1. The van der Waals surface area contributed by atoms with Crippen LogP contribution in [0.2, 0.25) is 0 Å². The highest BCUT2D eigenvalue weighted by molar-refractivity contribution is 5.80. The number of H-pyrrole nitrogens is 1. The lowest BCUT2D eigenvalue weighted by Gasteiger charge is -2.03. The smallest absolute Gasteiger partial charge is 0.180 e. The molecule has 3 rings (SSSR count). The first-order chi connectivity index (χ1) is 8.65. The van der Waals surface area contributed by atoms with Crippen LogP contribution in [0.1, 0.15) is 0 Å². The Bertz CT molecular complexity index is 734. The van der Waals surface area contributed by atoms with Crippen molar-refractivity contribution < 1.29 is 5.11 Å². The first kappa shape index (κ1) is 10.4. The zero-order valence-electron chi connectivity index (χ0n) is 9.38. The van der Waals surface area contributed by atoms with Crippen LogP contribution >= 0.6 is 0 Å². The molecule has 0 saturated carbocycles. The molecule has 6 heteroatoms. The summed E-state index contributed by atoms with van der Waals surface area (Å²) in [4.78, 5) is 11.4. The molecule has 1 aromatic carbocycles. The van der Waals surface area contributed by atoms with Gasteiger partial charge in [-0.25, -0.2) is 9.97 Å². The number of pyridine rings is 1. The number of rotatable bonds is 1. The molecule has 0 aliphatic carbocycles. The minimum Gasteiger partial charge on any atom is -0.505 e. The van der Waals surface area contributed by atoms with E-state index < -0.39 is 0 Å². The van der Waals surface area contributed by atoms with Crippen molar-refractivity contribution in [3.05, 3.63) is 30.3 Å². The topological polar surface area (TPSA) is 114 Å². The largest absolute Gasteiger partial charge is 0.505 e. The number of phenolic OH excluding ortho intramolecular Hbond substituents is 1. The molecule has 2 heterocycles. The lowest BCUT2D eigenvalue weighted by molar-refractivity contribution is 0.479. The Hall–Kier alpha value is -2.76. The second kappa shape index (κ2) is 3.63. The SMILES string of the molecule is Nc1ccc2[nH]c(-c3cccc(N)c3O)nc2n1. The number of imidazole rings is 1. The summed E-state index contributed by atoms with van der Waals surface area (Å²) in [6, 6.07) is 8.57. The van der Waals surface area contributed by atoms with Crippen LogP contribution in [0.25, 0.3) is 22.6 Å². The van der Waals surface area contributed by atoms with Crippen LogP contribution in [0.3, 0.4) is 0 Å². The zero-order chi connectivity index (χ0) is 12.7. The summed E-state index contributed by atoms with van der Waals surface area (Å²) in [6.45, 7) is 0. The quantitative estimate of drug-likeness (QED) is 0.380. The molecule has 0 aliphatic heterocycles. The summed E-state index contributed by atoms with van der Waals surface area (Å²) < 4.78 is 0. The number of hydrogen-bond donors (Lipinski definition) is 4. The molecule has 2 aromatic heterocycles. The van der Waals surface area contributed by atoms with Crippen LogP contribution in [-0.2, 0) is 0 Å². The molecule has 0 fully saturated rings. The maximum absolute atomic E-state index is 9.90. The number of aromatic hydroxyl groups is 1. The molecule has 0 radical (unpaired) electrons. The number of aromatic nitrogens is 3. The van der Waals surface area contributed by atoms with Crippen molar-refractivity contribution in [1.29, 1.82) is 0 Å². The Kier molecular flexibility index (Phi) is 2.09. The predicted molar refractivity (Wildman–Crippen MR) is 69.8 cm³/mol. The second-order valence-electron chi connectivity index (χ2n) is 3.94. The molecule has 0 aliphatic rings. The fourth-order valence-electron chi connectivity index (χ4n) is 1.79. The van der Waals surface area contributed by atoms with E-state index in [0.29, 0.717) is 28.5 Å². The van der Waals surface area contributed by atoms with Gasteiger partial charge in [0.2, 0.25) is 0 Å². The van der Waals surface area contributed by atoms with Crippen molar-refractivity contribution in [3.63, 3.8) is 0 Å². The number of nitrogens with two attached hydrogens (primary N) is 2. The molecule has 90 valence electrons. The fraction of sp³-hybridized carbons (Fsp3) is 0. The normalized spacial score (nSPS) is 10.9. The maximum Gasteiger partial charge on any atom is 0.180 e. The minimum absolute atomic E-state index is 0.00419. The standard InChI is InChI=1S/C12H11N5O/c13-7-3-1-2-6(10(7)18)11-15-8-4-5-9(14)16-12(8)17-11/h1-5,18H,13H2,(H3,14,15,16,17). The van der Waals surface area contributed by atoms with Crippen LogP contribution in [0, 0.1) is 0 Å². The molecular weight excluding hydrogens is 230 g/mol. The highest BCUT2D eigenvalue weighted by Crippen LogP contribution is 2.32. The van der Waals surface area contributed by atoms with Gasteiger partial charge in [-0.05, 0) is 24.3 Å². The van der Waals surface area contributed by atoms with E-state index in [2.05, 4.69) is 15.0 Å². The molecule has 0 spiro atoms. The van der Waals surface area contributed by atoms with Crippen LogP contribution < -0.4 is 11.5 Å². The minimum atomic E-state index is 0.00419. The van der Waals surface area contributed by atoms with Crippen LogP contribution in [0.4, 0.5) is 11.5 Å². The van der Waals surface area contributed by atoms with E-state index in [4.69, 9.17) is 11.5 Å². The first-order valence-corrected chi connectivity index (χ1v) is 5.35. The van der Waals surface area contributed by atoms with Crippen molar-refractivity contribution in [2.45, 2.75) is 0 Å². The molecule has 0 bridgehead atoms. The highest BCUT2D eigenvalue weighted by atomic mass is 16.3. The van der Waals surface area contributed by atoms with Gasteiger partial charge in [0.05, 0.1) is 16.8 Å². The van der Waals surface area contributed by atoms with E-state index in [1.165, 1.54) is 0 Å². The monoisotopic (exact) mass is 241 g/mol. The molecule has 0 atom stereocenters. The van der Waals surface area contributed by atoms with E-state index >= 15 is 0 Å². The van der Waals surface area contributed by atoms with Gasteiger partial charge in [-0.3, -0.25) is 0 Å². The summed E-state index contributed by atoms with van der Waals surface area (Å²) in [5, 5.41) is 9.90. The van der Waals surface area contributed by atoms with Crippen molar-refractivity contribution in [2.24, 2.45) is 0 Å². The van der Waals surface area contributed by atoms with Crippen LogP contribution in [0.15, 0.2) is 30.3 Å². The molecule has 0 saturated heterocycles. The number of nitrogen functional groups attached to an aromatic ring is 2. The lowest BCUT2D eigenvalue weighted by atomic mass is 10.1. The third kappa shape index (κ3) is 1.51. The van der Waals surface area contributed by atoms with Gasteiger partial charge in [0.1, 0.15) is 17.4 Å². The van der Waals surface area contributed by atoms with Crippen molar-refractivity contribution in [2.75, 3.05) is 11.5 Å². The first-order valence-electron chi connectivity index (χ1n) is 5.35. The molecule has 6 N–H and O–H groups in total. The molecule has 6 nitrogen and oxygen atoms in total. The zero-order valence-corrected chi connectivity index (χ0v) is 9.38. The Morgan fingerprint density at radius 2 is 1.89 bits per heavy atom. The fourth-order valence-corrected chi connectivity index (χ4v) is 1.79. The third-order valence-corrected chi connectivity index (χ3v) is 2.69. The van der Waals surface area contributed by atoms with Gasteiger partial charge in [0, 0.05) is 0 Å². The van der Waals surface area contributed by atoms with Gasteiger partial charge in [-0.2, -0.15) is 0 Å². The maximum atomic E-state index is 9.90. The molecule has 0 unspecified atom stereocenters. The number of aromatic amines is 1. The van der Waals surface area contributed by atoms with E-state index in [9.17, 15) is 5.11 Å². The number of fused-ring (bicyclic) bond motifs is 1. The molecule has 3 aromatic rings. The van der Waals surface area contributed by atoms with E-state index in [1.807, 2.05) is 0 Å². The Labute approximate surface area is 102 Å². The van der Waals surface area contributed by atoms with Gasteiger partial charge in [0.15, 0.2) is 5.65 Å². The molecule has 0 amide bonds. The average molecular weight is 241 g/mol. The Morgan fingerprint density at radius 1 is 1.06 bits per heavy atom. The summed E-state index contributed by atoms with van der Waals surface area (Å²) in [5.41, 5.74) is 13.3. The van der Waals surface area contributed by atoms with Gasteiger partial charge < -0.3 is 21.6 Å². The number of para-hydroxylation sites is 1. The van der Waals surface area contributed by atoms with Gasteiger partial charge >= 0.3 is 0 Å². The third-order valence-electron chi connectivity index (χ3n) is 2.69. The van der Waals surface area contributed by atoms with E-state index in [0.717, 1.165) is 5.52 Å². The van der Waals surface area contributed by atoms with Gasteiger partial charge in [0.25, 0.3) is 0 Å². The van der Waals surface area contributed by atoms with Crippen LogP contribution in [-0.4, -0.2) is 20.1 Å². The van der Waals surface area contributed by atoms with Gasteiger partial charge in [-0.15, -0.1) is 0 Å². The summed E-state index contributed by atoms with van der Waals surface area (Å²) in [7, 11) is 0. The van der Waals surface area contributed by atoms with Crippen molar-refractivity contribution >= 4 is 22.7 Å². The second-order valence-corrected chi connectivity index (χ2v) is 3.94. The summed E-state index contributed by atoms with van der Waals surface area (Å²) >= 11 is 0. The summed E-state index contributed by atoms with van der Waals surface area (Å²) in [6.07, 6.45) is 0. The number of nitrogens with one attached hydrogen (secondary N) is 1. The number of hydrogen-bond acceptors (Lipinski definition) is 5. The predicted octanol–water partition coefficient (Wildman–Crippen LogP) is 1.49. The van der Waals surface area contributed by atoms with Crippen molar-refractivity contribution in [1.82, 2.24) is 15.0 Å². The lowest BCUT2D eigenvalue weighted by Crippen LogP contribution is -1.89. The highest BCUT2D eigenvalue weighted by Gasteiger charge is 2.11. The van der Waals surface area contributed by atoms with E-state index in [1.54, 1.807) is 30.3 Å². The van der Waals surface area contributed by atoms with E-state index in [-0.39, 0.29) is 5.75 Å². The molecule has 18 heavy (non-hydrogen) atoms. The summed E-state index contributed by atoms with van der Waals surface area (Å²) in [5.74, 6) is 0.912. The Morgan fingerprint density at radius 3 is 2.72 bits per heavy atom. The average Bonchev–Trinajstić information content (AvgIpc) is 2.75. The Balaban J connectivity index is 2.22. The number of nitrogens with zero attached hydrogens (tertiary/aromatic N) is 2. The van der Waals surface area contributed by atoms with Crippen molar-refractivity contribution in [3.8, 4) is 17.1 Å². The number of benzene rings is 1. The van der Waals surface area contributed by atoms with Crippen LogP contribution in [0.5, 0.6) is 5.75 Å². The number of anilines is 2. The van der Waals surface area contributed by atoms with Gasteiger partial charge in [-0.1, -0.05) is 6.07 Å².